The molecular formula is C10H12BrNO. The van der Waals surface area contributed by atoms with Gasteiger partial charge in [-0.05, 0) is 37.1 Å². The van der Waals surface area contributed by atoms with Crippen molar-refractivity contribution >= 4 is 22.1 Å². The Hall–Kier alpha value is -0.830. The molecule has 13 heavy (non-hydrogen) atoms. The first-order valence-corrected chi connectivity index (χ1v) is 4.95. The van der Waals surface area contributed by atoms with Crippen LogP contribution in [0.25, 0.3) is 0 Å². The van der Waals surface area contributed by atoms with Crippen molar-refractivity contribution in [3.8, 4) is 0 Å². The van der Waals surface area contributed by atoms with Crippen molar-refractivity contribution in [1.29, 1.82) is 0 Å². The number of benzene rings is 1. The largest absolute Gasteiger partial charge is 0.396 e. The van der Waals surface area contributed by atoms with E-state index in [-0.39, 0.29) is 0 Å². The van der Waals surface area contributed by atoms with Crippen molar-refractivity contribution in [2.75, 3.05) is 6.61 Å². The molecule has 0 aliphatic carbocycles. The first kappa shape index (κ1) is 10.3. The number of oxime groups is 1. The minimum absolute atomic E-state index is 0.603. The van der Waals surface area contributed by atoms with Gasteiger partial charge < -0.3 is 4.84 Å². The first-order valence-electron chi connectivity index (χ1n) is 4.15. The van der Waals surface area contributed by atoms with Gasteiger partial charge in [0, 0.05) is 4.47 Å². The lowest BCUT2D eigenvalue weighted by Gasteiger charge is -1.99. The second-order valence-corrected chi connectivity index (χ2v) is 3.57. The zero-order valence-electron chi connectivity index (χ0n) is 7.75. The van der Waals surface area contributed by atoms with E-state index < -0.39 is 0 Å². The Labute approximate surface area is 86.7 Å². The molecule has 0 unspecified atom stereocenters. The average Bonchev–Trinajstić information content (AvgIpc) is 2.09. The van der Waals surface area contributed by atoms with Crippen LogP contribution in [-0.2, 0) is 4.84 Å². The van der Waals surface area contributed by atoms with E-state index in [2.05, 4.69) is 21.1 Å². The summed E-state index contributed by atoms with van der Waals surface area (Å²) in [7, 11) is 0. The van der Waals surface area contributed by atoms with Gasteiger partial charge in [0.1, 0.15) is 6.61 Å². The Bertz CT molecular complexity index is 310. The van der Waals surface area contributed by atoms with Gasteiger partial charge in [-0.1, -0.05) is 27.2 Å². The number of hydrogen-bond acceptors (Lipinski definition) is 2. The van der Waals surface area contributed by atoms with Crippen LogP contribution in [0.3, 0.4) is 0 Å². The molecule has 0 aliphatic heterocycles. The summed E-state index contributed by atoms with van der Waals surface area (Å²) in [4.78, 5) is 4.88. The number of hydrogen-bond donors (Lipinski definition) is 0. The minimum atomic E-state index is 0.603. The van der Waals surface area contributed by atoms with Crippen LogP contribution in [0.15, 0.2) is 27.8 Å². The van der Waals surface area contributed by atoms with Crippen molar-refractivity contribution in [2.45, 2.75) is 13.8 Å². The van der Waals surface area contributed by atoms with Crippen molar-refractivity contribution in [1.82, 2.24) is 0 Å². The highest BCUT2D eigenvalue weighted by Crippen LogP contribution is 2.14. The molecular weight excluding hydrogens is 230 g/mol. The predicted molar refractivity (Wildman–Crippen MR) is 58.1 cm³/mol. The van der Waals surface area contributed by atoms with Crippen LogP contribution >= 0.6 is 15.9 Å². The number of rotatable bonds is 3. The van der Waals surface area contributed by atoms with Gasteiger partial charge in [0.25, 0.3) is 0 Å². The summed E-state index contributed by atoms with van der Waals surface area (Å²) in [5.41, 5.74) is 2.26. The van der Waals surface area contributed by atoms with Gasteiger partial charge in [0.2, 0.25) is 0 Å². The van der Waals surface area contributed by atoms with Crippen LogP contribution < -0.4 is 0 Å². The summed E-state index contributed by atoms with van der Waals surface area (Å²) in [5.74, 6) is 0. The maximum Gasteiger partial charge on any atom is 0.114 e. The molecule has 0 radical (unpaired) electrons. The molecule has 1 rings (SSSR count). The highest BCUT2D eigenvalue weighted by Gasteiger charge is 1.95. The third-order valence-electron chi connectivity index (χ3n) is 1.63. The van der Waals surface area contributed by atoms with Crippen LogP contribution in [-0.4, -0.2) is 12.8 Å². The van der Waals surface area contributed by atoms with Gasteiger partial charge in [0.05, 0.1) is 6.21 Å². The van der Waals surface area contributed by atoms with Crippen LogP contribution in [0.1, 0.15) is 18.1 Å². The number of nitrogens with zero attached hydrogens (tertiary/aromatic N) is 1. The summed E-state index contributed by atoms with van der Waals surface area (Å²) in [6, 6.07) is 6.04. The molecule has 0 amide bonds. The Kier molecular flexibility index (Phi) is 3.96. The third kappa shape index (κ3) is 3.19. The van der Waals surface area contributed by atoms with Crippen LogP contribution in [0, 0.1) is 6.92 Å². The van der Waals surface area contributed by atoms with Crippen LogP contribution in [0.2, 0.25) is 0 Å². The fourth-order valence-electron chi connectivity index (χ4n) is 0.953. The monoisotopic (exact) mass is 241 g/mol. The molecule has 0 N–H and O–H groups in total. The van der Waals surface area contributed by atoms with Gasteiger partial charge in [-0.25, -0.2) is 0 Å². The summed E-state index contributed by atoms with van der Waals surface area (Å²) in [6.45, 7) is 4.55. The van der Waals surface area contributed by atoms with E-state index in [1.54, 1.807) is 6.21 Å². The predicted octanol–water partition coefficient (Wildman–Crippen LogP) is 3.13. The maximum atomic E-state index is 4.88. The molecule has 0 aliphatic rings. The van der Waals surface area contributed by atoms with Gasteiger partial charge in [-0.2, -0.15) is 0 Å². The highest BCUT2D eigenvalue weighted by molar-refractivity contribution is 9.10. The van der Waals surface area contributed by atoms with E-state index in [1.807, 2.05) is 32.0 Å². The van der Waals surface area contributed by atoms with Crippen molar-refractivity contribution in [3.05, 3.63) is 33.8 Å². The minimum Gasteiger partial charge on any atom is -0.396 e. The Morgan fingerprint density at radius 2 is 2.31 bits per heavy atom. The zero-order valence-corrected chi connectivity index (χ0v) is 9.34. The molecule has 0 heterocycles. The van der Waals surface area contributed by atoms with E-state index in [1.165, 1.54) is 5.56 Å². The fraction of sp³-hybridized carbons (Fsp3) is 0.300. The van der Waals surface area contributed by atoms with E-state index in [0.29, 0.717) is 6.61 Å². The molecule has 0 saturated heterocycles. The van der Waals surface area contributed by atoms with Crippen LogP contribution in [0.5, 0.6) is 0 Å². The molecule has 0 spiro atoms. The molecule has 3 heteroatoms. The second-order valence-electron chi connectivity index (χ2n) is 2.65. The molecule has 0 aromatic heterocycles. The summed E-state index contributed by atoms with van der Waals surface area (Å²) in [6.07, 6.45) is 1.73. The molecule has 0 saturated carbocycles. The molecule has 70 valence electrons. The van der Waals surface area contributed by atoms with Gasteiger partial charge in [-0.15, -0.1) is 0 Å². The fourth-order valence-corrected chi connectivity index (χ4v) is 1.43. The standard InChI is InChI=1S/C10H12BrNO/c1-3-13-12-7-9-4-5-10(11)6-8(9)2/h4-7H,3H2,1-2H3/b12-7+. The van der Waals surface area contributed by atoms with Crippen LogP contribution in [0.4, 0.5) is 0 Å². The van der Waals surface area contributed by atoms with Gasteiger partial charge in [-0.3, -0.25) is 0 Å². The molecule has 1 aromatic rings. The Morgan fingerprint density at radius 1 is 1.54 bits per heavy atom. The van der Waals surface area contributed by atoms with Crippen molar-refractivity contribution in [3.63, 3.8) is 0 Å². The van der Waals surface area contributed by atoms with Crippen molar-refractivity contribution < 1.29 is 4.84 Å². The van der Waals surface area contributed by atoms with Crippen molar-refractivity contribution in [2.24, 2.45) is 5.16 Å². The van der Waals surface area contributed by atoms with E-state index in [9.17, 15) is 0 Å². The van der Waals surface area contributed by atoms with E-state index in [0.717, 1.165) is 10.0 Å². The topological polar surface area (TPSA) is 21.6 Å². The lowest BCUT2D eigenvalue weighted by molar-refractivity contribution is 0.160. The number of aryl methyl sites for hydroxylation is 1. The lowest BCUT2D eigenvalue weighted by Crippen LogP contribution is -1.88. The molecule has 0 atom stereocenters. The third-order valence-corrected chi connectivity index (χ3v) is 2.12. The van der Waals surface area contributed by atoms with Gasteiger partial charge in [0.15, 0.2) is 0 Å². The van der Waals surface area contributed by atoms with E-state index >= 15 is 0 Å². The molecule has 2 nitrogen and oxygen atoms in total. The summed E-state index contributed by atoms with van der Waals surface area (Å²) >= 11 is 3.40. The lowest BCUT2D eigenvalue weighted by atomic mass is 10.1. The highest BCUT2D eigenvalue weighted by atomic mass is 79.9. The molecule has 0 fully saturated rings. The number of halogens is 1. The smallest absolute Gasteiger partial charge is 0.114 e. The summed E-state index contributed by atoms with van der Waals surface area (Å²) < 4.78 is 1.08. The summed E-state index contributed by atoms with van der Waals surface area (Å²) in [5, 5.41) is 3.81. The van der Waals surface area contributed by atoms with E-state index in [4.69, 9.17) is 4.84 Å². The van der Waals surface area contributed by atoms with Gasteiger partial charge >= 0.3 is 0 Å². The average molecular weight is 242 g/mol. The second kappa shape index (κ2) is 5.02. The molecule has 0 bridgehead atoms. The quantitative estimate of drug-likeness (QED) is 0.589. The zero-order chi connectivity index (χ0) is 9.68. The normalized spacial score (nSPS) is 10.7. The Morgan fingerprint density at radius 3 is 2.92 bits per heavy atom. The Balaban J connectivity index is 2.77. The SMILES string of the molecule is CCO/N=C/c1ccc(Br)cc1C. The molecule has 1 aromatic carbocycles. The first-order chi connectivity index (χ1) is 6.24. The maximum absolute atomic E-state index is 4.88.